The van der Waals surface area contributed by atoms with Gasteiger partial charge in [-0.3, -0.25) is 9.59 Å². The van der Waals surface area contributed by atoms with Crippen LogP contribution in [0.5, 0.6) is 0 Å². The summed E-state index contributed by atoms with van der Waals surface area (Å²) in [6.45, 7) is 3.98. The van der Waals surface area contributed by atoms with Crippen molar-refractivity contribution in [1.29, 1.82) is 0 Å². The number of hydrogen-bond donors (Lipinski definition) is 1. The summed E-state index contributed by atoms with van der Waals surface area (Å²) in [5.74, 6) is -0.134. The largest absolute Gasteiger partial charge is 0.326 e. The van der Waals surface area contributed by atoms with Gasteiger partial charge in [0.1, 0.15) is 0 Å². The fraction of sp³-hybridized carbons (Fsp3) is 0.391. The van der Waals surface area contributed by atoms with Crippen LogP contribution in [0, 0.1) is 12.8 Å². The Hall–Kier alpha value is -2.38. The van der Waals surface area contributed by atoms with Gasteiger partial charge in [-0.05, 0) is 74.6 Å². The lowest BCUT2D eigenvalue weighted by Gasteiger charge is -2.18. The van der Waals surface area contributed by atoms with Crippen LogP contribution in [0.3, 0.4) is 0 Å². The third kappa shape index (κ3) is 4.48. The Kier molecular flexibility index (Phi) is 5.83. The lowest BCUT2D eigenvalue weighted by molar-refractivity contribution is -0.119. The van der Waals surface area contributed by atoms with E-state index in [9.17, 15) is 18.0 Å². The summed E-state index contributed by atoms with van der Waals surface area (Å²) in [5, 5.41) is 2.35. The zero-order valence-electron chi connectivity index (χ0n) is 17.5. The van der Waals surface area contributed by atoms with E-state index in [1.807, 2.05) is 6.92 Å². The average Bonchev–Trinajstić information content (AvgIpc) is 3.49. The number of amides is 2. The van der Waals surface area contributed by atoms with Crippen LogP contribution < -0.4 is 10.2 Å². The van der Waals surface area contributed by atoms with Crippen molar-refractivity contribution in [3.8, 4) is 0 Å². The lowest BCUT2D eigenvalue weighted by Crippen LogP contribution is -2.30. The highest BCUT2D eigenvalue weighted by Crippen LogP contribution is 2.37. The molecule has 1 aliphatic carbocycles. The molecule has 1 heterocycles. The molecule has 2 aromatic rings. The summed E-state index contributed by atoms with van der Waals surface area (Å²) >= 11 is 6.08. The topological polar surface area (TPSA) is 83.6 Å². The molecular weight excluding hydrogens is 436 g/mol. The fourth-order valence-electron chi connectivity index (χ4n) is 3.82. The molecule has 2 aliphatic rings. The van der Waals surface area contributed by atoms with E-state index in [-0.39, 0.29) is 23.1 Å². The molecule has 2 aromatic carbocycles. The molecule has 8 heteroatoms. The molecule has 1 aliphatic heterocycles. The smallest absolute Gasteiger partial charge is 0.230 e. The summed E-state index contributed by atoms with van der Waals surface area (Å²) < 4.78 is 26.1. The summed E-state index contributed by atoms with van der Waals surface area (Å²) in [6.07, 6.45) is 2.34. The molecule has 0 spiro atoms. The summed E-state index contributed by atoms with van der Waals surface area (Å²) in [4.78, 5) is 26.8. The number of rotatable bonds is 6. The number of benzene rings is 2. The van der Waals surface area contributed by atoms with Crippen molar-refractivity contribution in [3.63, 3.8) is 0 Å². The Morgan fingerprint density at radius 2 is 1.94 bits per heavy atom. The van der Waals surface area contributed by atoms with Crippen molar-refractivity contribution >= 4 is 44.6 Å². The van der Waals surface area contributed by atoms with Crippen LogP contribution in [0.1, 0.15) is 37.3 Å². The van der Waals surface area contributed by atoms with Crippen LogP contribution in [0.2, 0.25) is 5.02 Å². The number of nitrogens with zero attached hydrogens (tertiary/aromatic N) is 1. The SMILES string of the molecule is Cc1ccc(NC(=O)C[C@@H](C)S(=O)(=O)c2ccc3c(c2)CCN3C(=O)C2CC2)cc1Cl. The molecule has 1 N–H and O–H groups in total. The Morgan fingerprint density at radius 3 is 2.61 bits per heavy atom. The maximum Gasteiger partial charge on any atom is 0.230 e. The Bertz CT molecular complexity index is 1160. The van der Waals surface area contributed by atoms with E-state index in [2.05, 4.69) is 5.32 Å². The molecule has 0 bridgehead atoms. The van der Waals surface area contributed by atoms with Gasteiger partial charge < -0.3 is 10.2 Å². The molecule has 1 fully saturated rings. The second kappa shape index (κ2) is 8.28. The minimum absolute atomic E-state index is 0.122. The van der Waals surface area contributed by atoms with Crippen molar-refractivity contribution in [1.82, 2.24) is 0 Å². The van der Waals surface area contributed by atoms with Gasteiger partial charge >= 0.3 is 0 Å². The van der Waals surface area contributed by atoms with Gasteiger partial charge in [0.05, 0.1) is 10.1 Å². The third-order valence-electron chi connectivity index (χ3n) is 5.93. The zero-order valence-corrected chi connectivity index (χ0v) is 19.1. The second-order valence-electron chi connectivity index (χ2n) is 8.38. The standard InChI is InChI=1S/C23H25ClN2O4S/c1-14-3-6-18(13-20(14)24)25-22(27)11-15(2)31(29,30)19-7-8-21-17(12-19)9-10-26(21)23(28)16-4-5-16/h3,6-8,12-13,15-16H,4-5,9-11H2,1-2H3,(H,25,27)/t15-/m1/s1. The highest BCUT2D eigenvalue weighted by atomic mass is 35.5. The van der Waals surface area contributed by atoms with E-state index in [1.165, 1.54) is 6.92 Å². The van der Waals surface area contributed by atoms with Gasteiger partial charge in [-0.2, -0.15) is 0 Å². The first-order valence-electron chi connectivity index (χ1n) is 10.4. The van der Waals surface area contributed by atoms with Gasteiger partial charge in [0.25, 0.3) is 0 Å². The van der Waals surface area contributed by atoms with Crippen molar-refractivity contribution in [2.75, 3.05) is 16.8 Å². The maximum atomic E-state index is 13.1. The van der Waals surface area contributed by atoms with Crippen LogP contribution in [0.4, 0.5) is 11.4 Å². The quantitative estimate of drug-likeness (QED) is 0.702. The van der Waals surface area contributed by atoms with Gasteiger partial charge in [-0.15, -0.1) is 0 Å². The van der Waals surface area contributed by atoms with Crippen molar-refractivity contribution in [3.05, 3.63) is 52.5 Å². The lowest BCUT2D eigenvalue weighted by atomic mass is 10.2. The average molecular weight is 461 g/mol. The van der Waals surface area contributed by atoms with E-state index in [1.54, 1.807) is 41.3 Å². The van der Waals surface area contributed by atoms with Gasteiger partial charge in [0.2, 0.25) is 11.8 Å². The van der Waals surface area contributed by atoms with Crippen molar-refractivity contribution < 1.29 is 18.0 Å². The molecule has 31 heavy (non-hydrogen) atoms. The molecule has 164 valence electrons. The van der Waals surface area contributed by atoms with Gasteiger partial charge in [0.15, 0.2) is 9.84 Å². The number of hydrogen-bond acceptors (Lipinski definition) is 4. The molecule has 1 atom stereocenters. The normalized spacial score (nSPS) is 16.7. The number of sulfone groups is 1. The van der Waals surface area contributed by atoms with Gasteiger partial charge in [0, 0.05) is 35.3 Å². The van der Waals surface area contributed by atoms with Gasteiger partial charge in [-0.25, -0.2) is 8.42 Å². The summed E-state index contributed by atoms with van der Waals surface area (Å²) in [5.41, 5.74) is 3.09. The highest BCUT2D eigenvalue weighted by Gasteiger charge is 2.37. The number of nitrogens with one attached hydrogen (secondary N) is 1. The van der Waals surface area contributed by atoms with E-state index < -0.39 is 21.0 Å². The predicted molar refractivity (Wildman–Crippen MR) is 121 cm³/mol. The van der Waals surface area contributed by atoms with Crippen LogP contribution in [0.25, 0.3) is 0 Å². The van der Waals surface area contributed by atoms with Crippen LogP contribution in [0.15, 0.2) is 41.3 Å². The number of halogens is 1. The Morgan fingerprint density at radius 1 is 1.19 bits per heavy atom. The third-order valence-corrected chi connectivity index (χ3v) is 8.47. The first-order valence-corrected chi connectivity index (χ1v) is 12.3. The van der Waals surface area contributed by atoms with Crippen molar-refractivity contribution in [2.45, 2.75) is 49.7 Å². The van der Waals surface area contributed by atoms with Gasteiger partial charge in [-0.1, -0.05) is 17.7 Å². The van der Waals surface area contributed by atoms with E-state index in [0.717, 1.165) is 29.7 Å². The summed E-state index contributed by atoms with van der Waals surface area (Å²) in [7, 11) is -3.69. The molecule has 0 unspecified atom stereocenters. The molecular formula is C23H25ClN2O4S. The Balaban J connectivity index is 1.45. The molecule has 0 aromatic heterocycles. The molecule has 4 rings (SSSR count). The molecule has 2 amide bonds. The monoisotopic (exact) mass is 460 g/mol. The summed E-state index contributed by atoms with van der Waals surface area (Å²) in [6, 6.07) is 10.1. The molecule has 0 saturated heterocycles. The number of fused-ring (bicyclic) bond motifs is 1. The minimum atomic E-state index is -3.69. The van der Waals surface area contributed by atoms with Crippen LogP contribution >= 0.6 is 11.6 Å². The maximum absolute atomic E-state index is 13.1. The zero-order chi connectivity index (χ0) is 22.3. The van der Waals surface area contributed by atoms with E-state index in [4.69, 9.17) is 11.6 Å². The van der Waals surface area contributed by atoms with Crippen LogP contribution in [-0.2, 0) is 25.8 Å². The minimum Gasteiger partial charge on any atom is -0.326 e. The molecule has 0 radical (unpaired) electrons. The first-order chi connectivity index (χ1) is 14.7. The van der Waals surface area contributed by atoms with E-state index >= 15 is 0 Å². The number of carbonyl (C=O) groups is 2. The highest BCUT2D eigenvalue weighted by molar-refractivity contribution is 7.92. The Labute approximate surface area is 187 Å². The number of carbonyl (C=O) groups excluding carboxylic acids is 2. The van der Waals surface area contributed by atoms with E-state index in [0.29, 0.717) is 23.7 Å². The predicted octanol–water partition coefficient (Wildman–Crippen LogP) is 4.14. The van der Waals surface area contributed by atoms with Crippen LogP contribution in [-0.4, -0.2) is 32.0 Å². The first kappa shape index (κ1) is 21.8. The van der Waals surface area contributed by atoms with Crippen molar-refractivity contribution in [2.24, 2.45) is 5.92 Å². The molecule has 6 nitrogen and oxygen atoms in total. The number of anilines is 2. The second-order valence-corrected chi connectivity index (χ2v) is 11.1. The fourth-order valence-corrected chi connectivity index (χ4v) is 5.40. The number of aryl methyl sites for hydroxylation is 1. The molecule has 1 saturated carbocycles.